The molecule has 9 heteroatoms. The molecule has 1 atom stereocenters. The van der Waals surface area contributed by atoms with Gasteiger partial charge in [0.05, 0.1) is 12.0 Å². The second kappa shape index (κ2) is 8.45. The van der Waals surface area contributed by atoms with E-state index in [0.29, 0.717) is 16.5 Å². The highest BCUT2D eigenvalue weighted by atomic mass is 32.1. The molecule has 0 aliphatic carbocycles. The molecule has 0 radical (unpaired) electrons. The Bertz CT molecular complexity index is 905. The zero-order chi connectivity index (χ0) is 19.2. The summed E-state index contributed by atoms with van der Waals surface area (Å²) in [7, 11) is 1.58. The molecule has 140 valence electrons. The van der Waals surface area contributed by atoms with Crippen molar-refractivity contribution in [1.29, 1.82) is 0 Å². The third-order valence-electron chi connectivity index (χ3n) is 3.57. The van der Waals surface area contributed by atoms with Crippen LogP contribution in [0.2, 0.25) is 0 Å². The molecule has 2 aromatic heterocycles. The first-order chi connectivity index (χ1) is 13.1. The summed E-state index contributed by atoms with van der Waals surface area (Å²) in [6.07, 6.45) is -0.740. The number of aromatic nitrogens is 2. The Hall–Kier alpha value is -3.20. The van der Waals surface area contributed by atoms with E-state index in [0.717, 1.165) is 5.56 Å². The van der Waals surface area contributed by atoms with E-state index in [1.807, 2.05) is 0 Å². The zero-order valence-electron chi connectivity index (χ0n) is 14.7. The summed E-state index contributed by atoms with van der Waals surface area (Å²) in [5.74, 6) is 0.261. The summed E-state index contributed by atoms with van der Waals surface area (Å²) in [4.78, 5) is 24.2. The molecule has 1 N–H and O–H groups in total. The number of benzene rings is 1. The Morgan fingerprint density at radius 2 is 2.00 bits per heavy atom. The topological polar surface area (TPSA) is 104 Å². The molecule has 0 aliphatic heterocycles. The van der Waals surface area contributed by atoms with E-state index in [1.54, 1.807) is 55.8 Å². The molecule has 0 spiro atoms. The van der Waals surface area contributed by atoms with E-state index < -0.39 is 12.1 Å². The van der Waals surface area contributed by atoms with Crippen LogP contribution < -0.4 is 10.1 Å². The standard InChI is InChI=1S/C18H17N3O5S/c1-11(25-15(22)10-19-16(23)14-4-3-9-27-14)17-20-21-18(26-17)12-5-7-13(24-2)8-6-12/h3-9,11H,10H2,1-2H3,(H,19,23)/t11-/m0/s1. The van der Waals surface area contributed by atoms with Gasteiger partial charge in [-0.15, -0.1) is 21.5 Å². The highest BCUT2D eigenvalue weighted by molar-refractivity contribution is 7.12. The van der Waals surface area contributed by atoms with Crippen LogP contribution in [-0.2, 0) is 9.53 Å². The van der Waals surface area contributed by atoms with Crippen LogP contribution in [0.4, 0.5) is 0 Å². The van der Waals surface area contributed by atoms with Gasteiger partial charge in [-0.1, -0.05) is 6.07 Å². The summed E-state index contributed by atoms with van der Waals surface area (Å²) >= 11 is 1.29. The number of esters is 1. The second-order valence-corrected chi connectivity index (χ2v) is 6.41. The van der Waals surface area contributed by atoms with E-state index in [-0.39, 0.29) is 18.3 Å². The van der Waals surface area contributed by atoms with Gasteiger partial charge >= 0.3 is 5.97 Å². The molecule has 1 aromatic carbocycles. The Kier molecular flexibility index (Phi) is 5.82. The van der Waals surface area contributed by atoms with Gasteiger partial charge < -0.3 is 19.2 Å². The number of carbonyl (C=O) groups is 2. The van der Waals surface area contributed by atoms with Gasteiger partial charge in [0.1, 0.15) is 12.3 Å². The van der Waals surface area contributed by atoms with Crippen LogP contribution in [0, 0.1) is 0 Å². The highest BCUT2D eigenvalue weighted by Gasteiger charge is 2.19. The lowest BCUT2D eigenvalue weighted by Gasteiger charge is -2.09. The summed E-state index contributed by atoms with van der Waals surface area (Å²) in [6.45, 7) is 1.37. The first-order valence-corrected chi connectivity index (χ1v) is 8.94. The summed E-state index contributed by atoms with van der Waals surface area (Å²) in [5, 5.41) is 12.2. The van der Waals surface area contributed by atoms with Gasteiger partial charge in [0.25, 0.3) is 11.8 Å². The van der Waals surface area contributed by atoms with Crippen LogP contribution in [0.25, 0.3) is 11.5 Å². The predicted molar refractivity (Wildman–Crippen MR) is 97.4 cm³/mol. The first-order valence-electron chi connectivity index (χ1n) is 8.06. The fourth-order valence-electron chi connectivity index (χ4n) is 2.19. The molecule has 0 saturated carbocycles. The van der Waals surface area contributed by atoms with E-state index in [4.69, 9.17) is 13.9 Å². The number of thiophene rings is 1. The number of nitrogens with one attached hydrogen (secondary N) is 1. The molecule has 0 saturated heterocycles. The normalized spacial score (nSPS) is 11.6. The Balaban J connectivity index is 1.54. The zero-order valence-corrected chi connectivity index (χ0v) is 15.5. The Morgan fingerprint density at radius 1 is 1.22 bits per heavy atom. The molecule has 0 aliphatic rings. The van der Waals surface area contributed by atoms with Crippen molar-refractivity contribution in [2.24, 2.45) is 0 Å². The van der Waals surface area contributed by atoms with Crippen molar-refractivity contribution >= 4 is 23.2 Å². The van der Waals surface area contributed by atoms with Crippen LogP contribution >= 0.6 is 11.3 Å². The van der Waals surface area contributed by atoms with Crippen molar-refractivity contribution in [3.8, 4) is 17.2 Å². The minimum atomic E-state index is -0.740. The number of carbonyl (C=O) groups excluding carboxylic acids is 2. The SMILES string of the molecule is COc1ccc(-c2nnc([C@H](C)OC(=O)CNC(=O)c3cccs3)o2)cc1. The number of ether oxygens (including phenoxy) is 2. The number of amides is 1. The van der Waals surface area contributed by atoms with Crippen molar-refractivity contribution in [2.45, 2.75) is 13.0 Å². The summed E-state index contributed by atoms with van der Waals surface area (Å²) < 4.78 is 15.9. The molecule has 0 bridgehead atoms. The van der Waals surface area contributed by atoms with Crippen molar-refractivity contribution in [2.75, 3.05) is 13.7 Å². The first kappa shape index (κ1) is 18.6. The monoisotopic (exact) mass is 387 g/mol. The highest BCUT2D eigenvalue weighted by Crippen LogP contribution is 2.24. The van der Waals surface area contributed by atoms with Crippen molar-refractivity contribution < 1.29 is 23.5 Å². The Morgan fingerprint density at radius 3 is 2.67 bits per heavy atom. The van der Waals surface area contributed by atoms with E-state index >= 15 is 0 Å². The second-order valence-electron chi connectivity index (χ2n) is 5.47. The largest absolute Gasteiger partial charge is 0.497 e. The molecule has 0 fully saturated rings. The molecule has 0 unspecified atom stereocenters. The average molecular weight is 387 g/mol. The number of methoxy groups -OCH3 is 1. The van der Waals surface area contributed by atoms with E-state index in [2.05, 4.69) is 15.5 Å². The molecule has 3 aromatic rings. The minimum absolute atomic E-state index is 0.166. The maximum Gasteiger partial charge on any atom is 0.326 e. The van der Waals surface area contributed by atoms with Crippen LogP contribution in [0.1, 0.15) is 28.6 Å². The molecular formula is C18H17N3O5S. The molecule has 8 nitrogen and oxygen atoms in total. The van der Waals surface area contributed by atoms with Gasteiger partial charge in [-0.05, 0) is 42.6 Å². The van der Waals surface area contributed by atoms with Crippen LogP contribution in [0.3, 0.4) is 0 Å². The molecule has 2 heterocycles. The molecule has 27 heavy (non-hydrogen) atoms. The van der Waals surface area contributed by atoms with Gasteiger partial charge in [0.2, 0.25) is 5.89 Å². The quantitative estimate of drug-likeness (QED) is 0.622. The fourth-order valence-corrected chi connectivity index (χ4v) is 2.83. The lowest BCUT2D eigenvalue weighted by molar-refractivity contribution is -0.148. The molecule has 1 amide bonds. The number of nitrogens with zero attached hydrogens (tertiary/aromatic N) is 2. The summed E-state index contributed by atoms with van der Waals surface area (Å²) in [5.41, 5.74) is 0.719. The van der Waals surface area contributed by atoms with E-state index in [1.165, 1.54) is 11.3 Å². The van der Waals surface area contributed by atoms with Gasteiger partial charge in [-0.3, -0.25) is 9.59 Å². The predicted octanol–water partition coefficient (Wildman–Crippen LogP) is 2.84. The maximum absolute atomic E-state index is 11.9. The van der Waals surface area contributed by atoms with E-state index in [9.17, 15) is 9.59 Å². The van der Waals surface area contributed by atoms with Crippen molar-refractivity contribution in [3.05, 3.63) is 52.5 Å². The van der Waals surface area contributed by atoms with Gasteiger partial charge in [-0.2, -0.15) is 0 Å². The molecule has 3 rings (SSSR count). The molecular weight excluding hydrogens is 370 g/mol. The third-order valence-corrected chi connectivity index (χ3v) is 4.44. The van der Waals surface area contributed by atoms with Crippen LogP contribution in [-0.4, -0.2) is 35.7 Å². The smallest absolute Gasteiger partial charge is 0.326 e. The number of hydrogen-bond donors (Lipinski definition) is 1. The van der Waals surface area contributed by atoms with Crippen LogP contribution in [0.15, 0.2) is 46.2 Å². The van der Waals surface area contributed by atoms with Crippen molar-refractivity contribution in [1.82, 2.24) is 15.5 Å². The minimum Gasteiger partial charge on any atom is -0.497 e. The van der Waals surface area contributed by atoms with Crippen LogP contribution in [0.5, 0.6) is 5.75 Å². The lowest BCUT2D eigenvalue weighted by Crippen LogP contribution is -2.30. The Labute approximate surface area is 159 Å². The summed E-state index contributed by atoms with van der Waals surface area (Å²) in [6, 6.07) is 10.6. The number of hydrogen-bond acceptors (Lipinski definition) is 8. The van der Waals surface area contributed by atoms with Gasteiger partial charge in [0, 0.05) is 5.56 Å². The van der Waals surface area contributed by atoms with Gasteiger partial charge in [0.15, 0.2) is 6.10 Å². The third kappa shape index (κ3) is 4.70. The maximum atomic E-state index is 11.9. The van der Waals surface area contributed by atoms with Gasteiger partial charge in [-0.25, -0.2) is 0 Å². The number of rotatable bonds is 7. The fraction of sp³-hybridized carbons (Fsp3) is 0.222. The average Bonchev–Trinajstić information content (AvgIpc) is 3.38. The van der Waals surface area contributed by atoms with Crippen molar-refractivity contribution in [3.63, 3.8) is 0 Å². The lowest BCUT2D eigenvalue weighted by atomic mass is 10.2.